The lowest BCUT2D eigenvalue weighted by molar-refractivity contribution is 0.269. The van der Waals surface area contributed by atoms with E-state index in [4.69, 9.17) is 10.9 Å². The Morgan fingerprint density at radius 1 is 1.09 bits per heavy atom. The Hall–Kier alpha value is -2.53. The van der Waals surface area contributed by atoms with E-state index < -0.39 is 0 Å². The standard InChI is InChI=1S/C18H22N4O/c1-21-11-12-22(17(13-21)14-5-3-2-4-6-14)16-9-7-15(8-10-16)18(19)20-23/h2-10,17,23H,11-13H2,1H3,(H2,19,20). The van der Waals surface area contributed by atoms with Crippen molar-refractivity contribution in [3.63, 3.8) is 0 Å². The van der Waals surface area contributed by atoms with Crippen molar-refractivity contribution in [1.82, 2.24) is 4.90 Å². The second kappa shape index (κ2) is 6.71. The molecule has 1 aliphatic rings. The molecule has 1 unspecified atom stereocenters. The highest BCUT2D eigenvalue weighted by molar-refractivity contribution is 5.97. The van der Waals surface area contributed by atoms with Crippen molar-refractivity contribution < 1.29 is 5.21 Å². The maximum Gasteiger partial charge on any atom is 0.170 e. The van der Waals surface area contributed by atoms with Gasteiger partial charge >= 0.3 is 0 Å². The van der Waals surface area contributed by atoms with Gasteiger partial charge in [-0.3, -0.25) is 0 Å². The Morgan fingerprint density at radius 2 is 1.78 bits per heavy atom. The third-order valence-corrected chi connectivity index (χ3v) is 4.37. The molecular formula is C18H22N4O. The van der Waals surface area contributed by atoms with Gasteiger partial charge in [0.15, 0.2) is 5.84 Å². The summed E-state index contributed by atoms with van der Waals surface area (Å²) >= 11 is 0. The van der Waals surface area contributed by atoms with Crippen LogP contribution in [0.1, 0.15) is 17.2 Å². The predicted octanol–water partition coefficient (Wildman–Crippen LogP) is 2.27. The molecule has 2 aromatic carbocycles. The van der Waals surface area contributed by atoms with Crippen molar-refractivity contribution in [3.8, 4) is 0 Å². The Balaban J connectivity index is 1.89. The number of amidine groups is 1. The summed E-state index contributed by atoms with van der Waals surface area (Å²) in [5, 5.41) is 11.8. The molecule has 120 valence electrons. The molecule has 0 bridgehead atoms. The summed E-state index contributed by atoms with van der Waals surface area (Å²) < 4.78 is 0. The van der Waals surface area contributed by atoms with Crippen LogP contribution < -0.4 is 10.6 Å². The number of hydrogen-bond donors (Lipinski definition) is 2. The number of nitrogens with two attached hydrogens (primary N) is 1. The van der Waals surface area contributed by atoms with Crippen molar-refractivity contribution in [3.05, 3.63) is 65.7 Å². The van der Waals surface area contributed by atoms with Crippen molar-refractivity contribution >= 4 is 11.5 Å². The Bertz CT molecular complexity index is 669. The zero-order valence-corrected chi connectivity index (χ0v) is 13.3. The summed E-state index contributed by atoms with van der Waals surface area (Å²) in [6, 6.07) is 18.8. The molecule has 0 aromatic heterocycles. The van der Waals surface area contributed by atoms with E-state index in [9.17, 15) is 0 Å². The van der Waals surface area contributed by atoms with Crippen LogP contribution in [0.4, 0.5) is 5.69 Å². The maximum atomic E-state index is 8.77. The van der Waals surface area contributed by atoms with E-state index in [1.165, 1.54) is 5.56 Å². The quantitative estimate of drug-likeness (QED) is 0.395. The number of oxime groups is 1. The van der Waals surface area contributed by atoms with E-state index in [1.54, 1.807) is 0 Å². The van der Waals surface area contributed by atoms with Gasteiger partial charge in [-0.15, -0.1) is 0 Å². The number of piperazine rings is 1. The summed E-state index contributed by atoms with van der Waals surface area (Å²) in [6.45, 7) is 3.00. The Kier molecular flexibility index (Phi) is 4.48. The summed E-state index contributed by atoms with van der Waals surface area (Å²) in [7, 11) is 2.16. The van der Waals surface area contributed by atoms with E-state index in [-0.39, 0.29) is 5.84 Å². The van der Waals surface area contributed by atoms with Crippen LogP contribution in [0.5, 0.6) is 0 Å². The average Bonchev–Trinajstić information content (AvgIpc) is 2.62. The number of rotatable bonds is 3. The normalized spacial score (nSPS) is 19.8. The van der Waals surface area contributed by atoms with Gasteiger partial charge in [-0.25, -0.2) is 0 Å². The number of benzene rings is 2. The van der Waals surface area contributed by atoms with E-state index in [0.717, 1.165) is 30.9 Å². The summed E-state index contributed by atoms with van der Waals surface area (Å²) in [4.78, 5) is 4.78. The van der Waals surface area contributed by atoms with Crippen LogP contribution in [0.25, 0.3) is 0 Å². The largest absolute Gasteiger partial charge is 0.409 e. The minimum Gasteiger partial charge on any atom is -0.409 e. The molecule has 1 heterocycles. The smallest absolute Gasteiger partial charge is 0.170 e. The zero-order chi connectivity index (χ0) is 16.2. The zero-order valence-electron chi connectivity index (χ0n) is 13.3. The number of nitrogens with zero attached hydrogens (tertiary/aromatic N) is 3. The fourth-order valence-corrected chi connectivity index (χ4v) is 3.07. The molecule has 0 radical (unpaired) electrons. The van der Waals surface area contributed by atoms with Crippen LogP contribution in [0, 0.1) is 0 Å². The Labute approximate surface area is 136 Å². The van der Waals surface area contributed by atoms with Crippen molar-refractivity contribution in [2.45, 2.75) is 6.04 Å². The summed E-state index contributed by atoms with van der Waals surface area (Å²) in [5.74, 6) is 0.134. The molecular weight excluding hydrogens is 288 g/mol. The minimum absolute atomic E-state index is 0.134. The van der Waals surface area contributed by atoms with Gasteiger partial charge in [0.2, 0.25) is 0 Å². The highest BCUT2D eigenvalue weighted by Gasteiger charge is 2.26. The van der Waals surface area contributed by atoms with Crippen LogP contribution >= 0.6 is 0 Å². The van der Waals surface area contributed by atoms with Gasteiger partial charge in [0.25, 0.3) is 0 Å². The number of anilines is 1. The molecule has 3 N–H and O–H groups in total. The third kappa shape index (κ3) is 3.29. The van der Waals surface area contributed by atoms with Crippen LogP contribution in [0.2, 0.25) is 0 Å². The van der Waals surface area contributed by atoms with Gasteiger partial charge in [-0.05, 0) is 36.9 Å². The van der Waals surface area contributed by atoms with Gasteiger partial charge in [-0.2, -0.15) is 0 Å². The Morgan fingerprint density at radius 3 is 2.43 bits per heavy atom. The van der Waals surface area contributed by atoms with E-state index in [2.05, 4.69) is 46.3 Å². The second-order valence-electron chi connectivity index (χ2n) is 5.91. The van der Waals surface area contributed by atoms with Crippen LogP contribution in [-0.4, -0.2) is 42.6 Å². The lowest BCUT2D eigenvalue weighted by Crippen LogP contribution is -2.46. The molecule has 5 heteroatoms. The molecule has 1 saturated heterocycles. The number of likely N-dealkylation sites (N-methyl/N-ethyl adjacent to an activating group) is 1. The molecule has 23 heavy (non-hydrogen) atoms. The third-order valence-electron chi connectivity index (χ3n) is 4.37. The van der Waals surface area contributed by atoms with Crippen LogP contribution in [-0.2, 0) is 0 Å². The molecule has 1 aliphatic heterocycles. The predicted molar refractivity (Wildman–Crippen MR) is 93.0 cm³/mol. The van der Waals surface area contributed by atoms with Gasteiger partial charge in [-0.1, -0.05) is 35.5 Å². The van der Waals surface area contributed by atoms with Gasteiger partial charge < -0.3 is 20.7 Å². The number of hydrogen-bond acceptors (Lipinski definition) is 4. The van der Waals surface area contributed by atoms with Crippen molar-refractivity contribution in [2.24, 2.45) is 10.9 Å². The van der Waals surface area contributed by atoms with Crippen LogP contribution in [0.3, 0.4) is 0 Å². The van der Waals surface area contributed by atoms with Crippen molar-refractivity contribution in [1.29, 1.82) is 0 Å². The first kappa shape index (κ1) is 15.4. The molecule has 0 aliphatic carbocycles. The highest BCUT2D eigenvalue weighted by atomic mass is 16.4. The topological polar surface area (TPSA) is 65.1 Å². The lowest BCUT2D eigenvalue weighted by Gasteiger charge is -2.42. The SMILES string of the molecule is CN1CCN(c2ccc(C(N)=NO)cc2)C(c2ccccc2)C1. The fourth-order valence-electron chi connectivity index (χ4n) is 3.07. The summed E-state index contributed by atoms with van der Waals surface area (Å²) in [6.07, 6.45) is 0. The van der Waals surface area contributed by atoms with Gasteiger partial charge in [0, 0.05) is 30.9 Å². The van der Waals surface area contributed by atoms with Crippen LogP contribution in [0.15, 0.2) is 59.8 Å². The average molecular weight is 310 g/mol. The molecule has 0 amide bonds. The first-order chi connectivity index (χ1) is 11.2. The molecule has 3 rings (SSSR count). The maximum absolute atomic E-state index is 8.77. The molecule has 1 fully saturated rings. The minimum atomic E-state index is 0.134. The van der Waals surface area contributed by atoms with E-state index >= 15 is 0 Å². The first-order valence-corrected chi connectivity index (χ1v) is 7.77. The molecule has 5 nitrogen and oxygen atoms in total. The van der Waals surface area contributed by atoms with E-state index in [1.807, 2.05) is 30.3 Å². The fraction of sp³-hybridized carbons (Fsp3) is 0.278. The lowest BCUT2D eigenvalue weighted by atomic mass is 10.0. The molecule has 1 atom stereocenters. The molecule has 2 aromatic rings. The molecule has 0 saturated carbocycles. The molecule has 0 spiro atoms. The van der Waals surface area contributed by atoms with Gasteiger partial charge in [0.05, 0.1) is 6.04 Å². The monoisotopic (exact) mass is 310 g/mol. The van der Waals surface area contributed by atoms with E-state index in [0.29, 0.717) is 6.04 Å². The van der Waals surface area contributed by atoms with Gasteiger partial charge in [0.1, 0.15) is 0 Å². The highest BCUT2D eigenvalue weighted by Crippen LogP contribution is 2.30. The first-order valence-electron chi connectivity index (χ1n) is 7.77. The summed E-state index contributed by atoms with van der Waals surface area (Å²) in [5.41, 5.74) is 8.84. The second-order valence-corrected chi connectivity index (χ2v) is 5.91. The van der Waals surface area contributed by atoms with Crippen molar-refractivity contribution in [2.75, 3.05) is 31.6 Å².